The number of carbonyl (C=O) groups is 1. The lowest BCUT2D eigenvalue weighted by atomic mass is 10.2. The van der Waals surface area contributed by atoms with Crippen LogP contribution < -0.4 is 16.0 Å². The summed E-state index contributed by atoms with van der Waals surface area (Å²) in [6.07, 6.45) is 0.241. The Bertz CT molecular complexity index is 747. The van der Waals surface area contributed by atoms with E-state index in [-0.39, 0.29) is 6.54 Å². The number of aromatic nitrogens is 1. The van der Waals surface area contributed by atoms with Crippen molar-refractivity contribution in [1.29, 1.82) is 0 Å². The molecule has 0 saturated heterocycles. The number of nitrogens with zero attached hydrogens (tertiary/aromatic N) is 1. The number of anilines is 1. The lowest BCUT2D eigenvalue weighted by molar-refractivity contribution is 0.194. The Morgan fingerprint density at radius 3 is 3.09 bits per heavy atom. The molecule has 114 valence electrons. The van der Waals surface area contributed by atoms with Gasteiger partial charge in [0.15, 0.2) is 17.1 Å². The summed E-state index contributed by atoms with van der Waals surface area (Å²) in [5, 5.41) is 17.2. The highest BCUT2D eigenvalue weighted by molar-refractivity contribution is 7.80. The summed E-state index contributed by atoms with van der Waals surface area (Å²) < 4.78 is 5.21. The number of amides is 1. The largest absolute Gasteiger partial charge is 0.465 e. The number of rotatable bonds is 4. The molecule has 1 aromatic heterocycles. The van der Waals surface area contributed by atoms with Crippen LogP contribution in [0.5, 0.6) is 0 Å². The maximum atomic E-state index is 10.5. The molecule has 0 fully saturated rings. The number of thiocarbonyl (C=S) groups is 1. The molecule has 1 aromatic carbocycles. The van der Waals surface area contributed by atoms with Gasteiger partial charge in [0.2, 0.25) is 0 Å². The Balaban J connectivity index is 2.02. The quantitative estimate of drug-likeness (QED) is 0.503. The molecular weight excluding hydrogens is 304 g/mol. The van der Waals surface area contributed by atoms with E-state index in [4.69, 9.17) is 21.7 Å². The third kappa shape index (κ3) is 4.10. The van der Waals surface area contributed by atoms with Crippen molar-refractivity contribution >= 4 is 40.2 Å². The van der Waals surface area contributed by atoms with E-state index in [0.29, 0.717) is 21.9 Å². The molecule has 1 heterocycles. The van der Waals surface area contributed by atoms with E-state index in [1.807, 2.05) is 12.1 Å². The number of carboxylic acid groups (broad SMARTS) is 1. The Hall–Kier alpha value is -2.79. The number of hydrogen-bond acceptors (Lipinski definition) is 4. The van der Waals surface area contributed by atoms with Crippen molar-refractivity contribution in [1.82, 2.24) is 15.6 Å². The lowest BCUT2D eigenvalue weighted by Gasteiger charge is -2.16. The highest BCUT2D eigenvalue weighted by Crippen LogP contribution is 2.21. The normalized spacial score (nSPS) is 11.1. The molecule has 0 aliphatic carbocycles. The average Bonchev–Trinajstić information content (AvgIpc) is 2.94. The average molecular weight is 318 g/mol. The molecule has 1 amide bonds. The van der Waals surface area contributed by atoms with Crippen molar-refractivity contribution in [2.24, 2.45) is 0 Å². The minimum Gasteiger partial charge on any atom is -0.465 e. The fourth-order valence-electron chi connectivity index (χ4n) is 1.81. The van der Waals surface area contributed by atoms with Crippen LogP contribution in [0, 0.1) is 11.8 Å². The van der Waals surface area contributed by atoms with Gasteiger partial charge >= 0.3 is 6.09 Å². The number of para-hydroxylation sites is 1. The highest BCUT2D eigenvalue weighted by atomic mass is 32.1. The van der Waals surface area contributed by atoms with E-state index in [2.05, 4.69) is 32.8 Å². The molecule has 1 unspecified atom stereocenters. The van der Waals surface area contributed by atoms with Gasteiger partial charge in [-0.15, -0.1) is 5.92 Å². The summed E-state index contributed by atoms with van der Waals surface area (Å²) in [6, 6.07) is 4.99. The molecule has 0 aliphatic heterocycles. The van der Waals surface area contributed by atoms with Crippen molar-refractivity contribution < 1.29 is 14.3 Å². The van der Waals surface area contributed by atoms with Gasteiger partial charge in [0.25, 0.3) is 0 Å². The van der Waals surface area contributed by atoms with Crippen LogP contribution in [0.3, 0.4) is 0 Å². The summed E-state index contributed by atoms with van der Waals surface area (Å²) in [5.41, 5.74) is 2.00. The molecular formula is C14H14N4O3S. The molecule has 1 atom stereocenters. The number of fused-ring (bicyclic) bond motifs is 1. The van der Waals surface area contributed by atoms with E-state index in [9.17, 15) is 4.79 Å². The topological polar surface area (TPSA) is 99.4 Å². The molecule has 7 nitrogen and oxygen atoms in total. The second-order valence-corrected chi connectivity index (χ2v) is 4.64. The zero-order chi connectivity index (χ0) is 15.9. The Morgan fingerprint density at radius 1 is 1.55 bits per heavy atom. The first kappa shape index (κ1) is 15.6. The predicted molar refractivity (Wildman–Crippen MR) is 86.6 cm³/mol. The van der Waals surface area contributed by atoms with E-state index in [1.165, 1.54) is 6.39 Å². The summed E-state index contributed by atoms with van der Waals surface area (Å²) in [4.78, 5) is 14.7. The molecule has 2 aromatic rings. The molecule has 4 N–H and O–H groups in total. The smallest absolute Gasteiger partial charge is 0.404 e. The standard InChI is InChI=1S/C14H14N4O3S/c1-2-4-9(7-15-14(19)20)17-13(22)18-10-5-3-6-11-12(10)16-8-21-11/h3,5-6,8-9,15H,7H2,1H3,(H,19,20)(H2,17,18,22). The first-order valence-corrected chi connectivity index (χ1v) is 6.79. The zero-order valence-electron chi connectivity index (χ0n) is 11.7. The van der Waals surface area contributed by atoms with Crippen LogP contribution in [-0.4, -0.2) is 33.9 Å². The number of benzene rings is 1. The third-order valence-electron chi connectivity index (χ3n) is 2.69. The van der Waals surface area contributed by atoms with Crippen LogP contribution in [0.25, 0.3) is 11.1 Å². The maximum Gasteiger partial charge on any atom is 0.404 e. The molecule has 0 saturated carbocycles. The molecule has 0 radical (unpaired) electrons. The molecule has 0 bridgehead atoms. The monoisotopic (exact) mass is 318 g/mol. The summed E-state index contributed by atoms with van der Waals surface area (Å²) in [5.74, 6) is 5.56. The number of oxazole rings is 1. The van der Waals surface area contributed by atoms with Crippen LogP contribution in [0.2, 0.25) is 0 Å². The fourth-order valence-corrected chi connectivity index (χ4v) is 2.06. The maximum absolute atomic E-state index is 10.5. The summed E-state index contributed by atoms with van der Waals surface area (Å²) >= 11 is 5.22. The van der Waals surface area contributed by atoms with Crippen LogP contribution in [0.1, 0.15) is 6.92 Å². The molecule has 2 rings (SSSR count). The minimum absolute atomic E-state index is 0.117. The second kappa shape index (κ2) is 7.28. The second-order valence-electron chi connectivity index (χ2n) is 4.24. The van der Waals surface area contributed by atoms with Gasteiger partial charge in [0.1, 0.15) is 11.6 Å². The van der Waals surface area contributed by atoms with Gasteiger partial charge in [0.05, 0.1) is 12.2 Å². The van der Waals surface area contributed by atoms with Gasteiger partial charge in [-0.3, -0.25) is 0 Å². The zero-order valence-corrected chi connectivity index (χ0v) is 12.5. The molecule has 22 heavy (non-hydrogen) atoms. The van der Waals surface area contributed by atoms with Crippen LogP contribution in [0.15, 0.2) is 29.0 Å². The van der Waals surface area contributed by atoms with Crippen molar-refractivity contribution in [3.8, 4) is 11.8 Å². The van der Waals surface area contributed by atoms with Crippen LogP contribution in [-0.2, 0) is 0 Å². The number of hydrogen-bond donors (Lipinski definition) is 4. The number of nitrogens with one attached hydrogen (secondary N) is 3. The molecule has 8 heteroatoms. The van der Waals surface area contributed by atoms with Crippen LogP contribution in [0.4, 0.5) is 10.5 Å². The van der Waals surface area contributed by atoms with E-state index >= 15 is 0 Å². The molecule has 0 spiro atoms. The van der Waals surface area contributed by atoms with E-state index in [1.54, 1.807) is 13.0 Å². The Morgan fingerprint density at radius 2 is 2.36 bits per heavy atom. The van der Waals surface area contributed by atoms with E-state index in [0.717, 1.165) is 0 Å². The van der Waals surface area contributed by atoms with Gasteiger partial charge in [-0.05, 0) is 31.3 Å². The van der Waals surface area contributed by atoms with Crippen molar-refractivity contribution in [2.75, 3.05) is 11.9 Å². The van der Waals surface area contributed by atoms with Crippen LogP contribution >= 0.6 is 12.2 Å². The fraction of sp³-hybridized carbons (Fsp3) is 0.214. The Labute approximate surface area is 132 Å². The van der Waals surface area contributed by atoms with Crippen molar-refractivity contribution in [3.63, 3.8) is 0 Å². The summed E-state index contributed by atoms with van der Waals surface area (Å²) in [6.45, 7) is 1.79. The van der Waals surface area contributed by atoms with Gasteiger partial charge in [0, 0.05) is 0 Å². The minimum atomic E-state index is -1.11. The van der Waals surface area contributed by atoms with Gasteiger partial charge in [-0.2, -0.15) is 0 Å². The lowest BCUT2D eigenvalue weighted by Crippen LogP contribution is -2.44. The SMILES string of the molecule is CC#CC(CNC(=O)O)NC(=S)Nc1cccc2ocnc12. The van der Waals surface area contributed by atoms with Gasteiger partial charge < -0.3 is 25.5 Å². The van der Waals surface area contributed by atoms with E-state index < -0.39 is 12.1 Å². The van der Waals surface area contributed by atoms with Gasteiger partial charge in [-0.25, -0.2) is 9.78 Å². The first-order chi connectivity index (χ1) is 10.6. The predicted octanol–water partition coefficient (Wildman–Crippen LogP) is 1.77. The third-order valence-corrected chi connectivity index (χ3v) is 2.91. The van der Waals surface area contributed by atoms with Crippen molar-refractivity contribution in [2.45, 2.75) is 13.0 Å². The summed E-state index contributed by atoms with van der Waals surface area (Å²) in [7, 11) is 0. The highest BCUT2D eigenvalue weighted by Gasteiger charge is 2.10. The van der Waals surface area contributed by atoms with Gasteiger partial charge in [-0.1, -0.05) is 12.0 Å². The first-order valence-electron chi connectivity index (χ1n) is 6.39. The van der Waals surface area contributed by atoms with Crippen molar-refractivity contribution in [3.05, 3.63) is 24.6 Å². The molecule has 0 aliphatic rings. The Kier molecular flexibility index (Phi) is 5.16.